The number of carbonyl (C=O) groups is 2. The summed E-state index contributed by atoms with van der Waals surface area (Å²) in [5, 5.41) is 6.30. The van der Waals surface area contributed by atoms with E-state index in [1.165, 1.54) is 4.90 Å². The van der Waals surface area contributed by atoms with Gasteiger partial charge in [-0.2, -0.15) is 0 Å². The van der Waals surface area contributed by atoms with Crippen LogP contribution in [0.1, 0.15) is 34.6 Å². The van der Waals surface area contributed by atoms with E-state index in [1.807, 2.05) is 0 Å². The highest BCUT2D eigenvalue weighted by atomic mass is 16.2. The summed E-state index contributed by atoms with van der Waals surface area (Å²) in [5.41, 5.74) is 0.963. The first-order valence-corrected chi connectivity index (χ1v) is 7.44. The van der Waals surface area contributed by atoms with Crippen molar-refractivity contribution >= 4 is 17.8 Å². The monoisotopic (exact) mass is 302 g/mol. The summed E-state index contributed by atoms with van der Waals surface area (Å²) < 4.78 is 0. The number of rotatable bonds is 5. The Morgan fingerprint density at radius 1 is 1.14 bits per heavy atom. The van der Waals surface area contributed by atoms with Crippen LogP contribution < -0.4 is 10.6 Å². The smallest absolute Gasteiger partial charge is 0.261 e. The zero-order valence-electron chi connectivity index (χ0n) is 13.2. The molecule has 0 bridgehead atoms. The Kier molecular flexibility index (Phi) is 5.14. The van der Waals surface area contributed by atoms with E-state index in [9.17, 15) is 9.59 Å². The average Bonchev–Trinajstić information content (AvgIpc) is 2.75. The number of amides is 2. The van der Waals surface area contributed by atoms with Gasteiger partial charge in [-0.1, -0.05) is 26.0 Å². The predicted molar refractivity (Wildman–Crippen MR) is 86.0 cm³/mol. The van der Waals surface area contributed by atoms with Crippen molar-refractivity contribution in [3.8, 4) is 0 Å². The van der Waals surface area contributed by atoms with Gasteiger partial charge in [-0.05, 0) is 18.1 Å². The Morgan fingerprint density at radius 2 is 1.73 bits per heavy atom. The average molecular weight is 302 g/mol. The Balaban J connectivity index is 1.88. The van der Waals surface area contributed by atoms with Gasteiger partial charge in [0, 0.05) is 26.7 Å². The van der Waals surface area contributed by atoms with Crippen LogP contribution in [0.15, 0.2) is 29.3 Å². The Hall–Kier alpha value is -2.37. The van der Waals surface area contributed by atoms with E-state index in [4.69, 9.17) is 0 Å². The fraction of sp³-hybridized carbons (Fsp3) is 0.438. The van der Waals surface area contributed by atoms with Crippen LogP contribution in [0.2, 0.25) is 0 Å². The summed E-state index contributed by atoms with van der Waals surface area (Å²) in [6, 6.07) is 6.91. The first kappa shape index (κ1) is 16.0. The van der Waals surface area contributed by atoms with E-state index in [0.29, 0.717) is 36.1 Å². The van der Waals surface area contributed by atoms with Crippen molar-refractivity contribution < 1.29 is 9.59 Å². The van der Waals surface area contributed by atoms with Gasteiger partial charge in [0.05, 0.1) is 11.1 Å². The third-order valence-corrected chi connectivity index (χ3v) is 3.41. The van der Waals surface area contributed by atoms with Crippen molar-refractivity contribution in [3.63, 3.8) is 0 Å². The minimum atomic E-state index is -0.229. The highest BCUT2D eigenvalue weighted by Gasteiger charge is 2.34. The van der Waals surface area contributed by atoms with Gasteiger partial charge in [-0.15, -0.1) is 0 Å². The molecule has 0 unspecified atom stereocenters. The molecule has 22 heavy (non-hydrogen) atoms. The van der Waals surface area contributed by atoms with Crippen molar-refractivity contribution in [2.45, 2.75) is 13.8 Å². The van der Waals surface area contributed by atoms with Crippen LogP contribution >= 0.6 is 0 Å². The molecular formula is C16H22N4O2. The van der Waals surface area contributed by atoms with Crippen LogP contribution in [0, 0.1) is 5.92 Å². The maximum absolute atomic E-state index is 12.2. The molecule has 0 atom stereocenters. The van der Waals surface area contributed by atoms with E-state index >= 15 is 0 Å². The standard InChI is InChI=1S/C16H22N4O2/c1-11(2)10-19-16(17-3)18-8-9-20-14(21)12-6-4-5-7-13(12)15(20)22/h4-7,11H,8-10H2,1-3H3,(H2,17,18,19). The molecule has 1 aliphatic heterocycles. The van der Waals surface area contributed by atoms with Gasteiger partial charge in [0.1, 0.15) is 0 Å². The Labute approximate surface area is 130 Å². The van der Waals surface area contributed by atoms with Gasteiger partial charge in [0.15, 0.2) is 5.96 Å². The fourth-order valence-corrected chi connectivity index (χ4v) is 2.25. The Bertz CT molecular complexity index is 561. The Morgan fingerprint density at radius 3 is 2.23 bits per heavy atom. The molecule has 0 saturated carbocycles. The summed E-state index contributed by atoms with van der Waals surface area (Å²) >= 11 is 0. The number of nitrogens with one attached hydrogen (secondary N) is 2. The molecule has 0 radical (unpaired) electrons. The molecule has 0 fully saturated rings. The van der Waals surface area contributed by atoms with E-state index < -0.39 is 0 Å². The van der Waals surface area contributed by atoms with Crippen molar-refractivity contribution in [2.24, 2.45) is 10.9 Å². The number of fused-ring (bicyclic) bond motifs is 1. The second kappa shape index (κ2) is 7.06. The number of carbonyl (C=O) groups excluding carboxylic acids is 2. The zero-order valence-corrected chi connectivity index (χ0v) is 13.2. The van der Waals surface area contributed by atoms with Crippen molar-refractivity contribution in [3.05, 3.63) is 35.4 Å². The molecule has 6 nitrogen and oxygen atoms in total. The fourth-order valence-electron chi connectivity index (χ4n) is 2.25. The number of benzene rings is 1. The SMILES string of the molecule is CN=C(NCCN1C(=O)c2ccccc2C1=O)NCC(C)C. The molecule has 2 rings (SSSR count). The van der Waals surface area contributed by atoms with Gasteiger partial charge in [-0.25, -0.2) is 0 Å². The molecule has 2 N–H and O–H groups in total. The van der Waals surface area contributed by atoms with Crippen molar-refractivity contribution in [1.29, 1.82) is 0 Å². The van der Waals surface area contributed by atoms with Gasteiger partial charge in [-0.3, -0.25) is 19.5 Å². The first-order chi connectivity index (χ1) is 10.5. The lowest BCUT2D eigenvalue weighted by molar-refractivity contribution is 0.0657. The van der Waals surface area contributed by atoms with Crippen LogP contribution in [0.3, 0.4) is 0 Å². The minimum Gasteiger partial charge on any atom is -0.356 e. The maximum Gasteiger partial charge on any atom is 0.261 e. The summed E-state index contributed by atoms with van der Waals surface area (Å²) in [6.07, 6.45) is 0. The second-order valence-electron chi connectivity index (χ2n) is 5.58. The van der Waals surface area contributed by atoms with Crippen LogP contribution in [0.5, 0.6) is 0 Å². The number of hydrogen-bond acceptors (Lipinski definition) is 3. The van der Waals surface area contributed by atoms with Crippen molar-refractivity contribution in [1.82, 2.24) is 15.5 Å². The first-order valence-electron chi connectivity index (χ1n) is 7.44. The van der Waals surface area contributed by atoms with Crippen LogP contribution in [-0.2, 0) is 0 Å². The van der Waals surface area contributed by atoms with E-state index in [-0.39, 0.29) is 11.8 Å². The number of hydrogen-bond donors (Lipinski definition) is 2. The largest absolute Gasteiger partial charge is 0.356 e. The predicted octanol–water partition coefficient (Wildman–Crippen LogP) is 1.10. The molecule has 0 saturated heterocycles. The van der Waals surface area contributed by atoms with Gasteiger partial charge in [0.2, 0.25) is 0 Å². The lowest BCUT2D eigenvalue weighted by Crippen LogP contribution is -2.43. The molecule has 0 aromatic heterocycles. The quantitative estimate of drug-likeness (QED) is 0.485. The molecule has 1 heterocycles. The van der Waals surface area contributed by atoms with Gasteiger partial charge >= 0.3 is 0 Å². The highest BCUT2D eigenvalue weighted by Crippen LogP contribution is 2.21. The molecule has 1 aromatic carbocycles. The molecule has 2 amide bonds. The topological polar surface area (TPSA) is 73.8 Å². The van der Waals surface area contributed by atoms with Gasteiger partial charge < -0.3 is 10.6 Å². The van der Waals surface area contributed by atoms with E-state index in [1.54, 1.807) is 31.3 Å². The summed E-state index contributed by atoms with van der Waals surface area (Å²) in [4.78, 5) is 29.8. The molecule has 0 aliphatic carbocycles. The zero-order chi connectivity index (χ0) is 16.1. The number of guanidine groups is 1. The highest BCUT2D eigenvalue weighted by molar-refractivity contribution is 6.21. The number of imide groups is 1. The third-order valence-electron chi connectivity index (χ3n) is 3.41. The van der Waals surface area contributed by atoms with Crippen LogP contribution in [0.4, 0.5) is 0 Å². The lowest BCUT2D eigenvalue weighted by Gasteiger charge is -2.17. The lowest BCUT2D eigenvalue weighted by atomic mass is 10.1. The van der Waals surface area contributed by atoms with Crippen LogP contribution in [0.25, 0.3) is 0 Å². The molecule has 1 aromatic rings. The number of aliphatic imine (C=N–C) groups is 1. The number of nitrogens with zero attached hydrogens (tertiary/aromatic N) is 2. The van der Waals surface area contributed by atoms with E-state index in [2.05, 4.69) is 29.5 Å². The molecule has 6 heteroatoms. The normalized spacial score (nSPS) is 14.5. The summed E-state index contributed by atoms with van der Waals surface area (Å²) in [7, 11) is 1.69. The molecular weight excluding hydrogens is 280 g/mol. The summed E-state index contributed by atoms with van der Waals surface area (Å²) in [5.74, 6) is 0.722. The van der Waals surface area contributed by atoms with Crippen molar-refractivity contribution in [2.75, 3.05) is 26.7 Å². The van der Waals surface area contributed by atoms with Gasteiger partial charge in [0.25, 0.3) is 11.8 Å². The second-order valence-corrected chi connectivity index (χ2v) is 5.58. The molecule has 0 spiro atoms. The minimum absolute atomic E-state index is 0.229. The molecule has 118 valence electrons. The van der Waals surface area contributed by atoms with Crippen LogP contribution in [-0.4, -0.2) is 49.4 Å². The molecule has 1 aliphatic rings. The van der Waals surface area contributed by atoms with E-state index in [0.717, 1.165) is 6.54 Å². The summed E-state index contributed by atoms with van der Waals surface area (Å²) in [6.45, 7) is 5.81. The third kappa shape index (κ3) is 3.44. The maximum atomic E-state index is 12.2.